The second kappa shape index (κ2) is 5.49. The van der Waals surface area contributed by atoms with Crippen molar-refractivity contribution in [2.24, 2.45) is 0 Å². The fourth-order valence-corrected chi connectivity index (χ4v) is 5.85. The minimum absolute atomic E-state index is 0.0869. The molecule has 3 nitrogen and oxygen atoms in total. The van der Waals surface area contributed by atoms with E-state index in [-0.39, 0.29) is 12.1 Å². The Labute approximate surface area is 123 Å². The molecule has 0 saturated carbocycles. The van der Waals surface area contributed by atoms with E-state index in [0.29, 0.717) is 4.90 Å². The average Bonchev–Trinajstić information content (AvgIpc) is 2.25. The average molecular weight is 295 g/mol. The highest BCUT2D eigenvalue weighted by Gasteiger charge is 2.37. The van der Waals surface area contributed by atoms with Crippen molar-refractivity contribution in [1.82, 2.24) is 4.31 Å². The summed E-state index contributed by atoms with van der Waals surface area (Å²) in [6.07, 6.45) is 3.02. The van der Waals surface area contributed by atoms with Crippen LogP contribution in [-0.2, 0) is 10.0 Å². The maximum Gasteiger partial charge on any atom is 0.244 e. The Morgan fingerprint density at radius 3 is 1.90 bits per heavy atom. The predicted molar refractivity (Wildman–Crippen MR) is 82.5 cm³/mol. The maximum absolute atomic E-state index is 13.1. The van der Waals surface area contributed by atoms with Crippen molar-refractivity contribution in [3.63, 3.8) is 0 Å². The first-order valence-electron chi connectivity index (χ1n) is 7.36. The van der Waals surface area contributed by atoms with Gasteiger partial charge >= 0.3 is 0 Å². The van der Waals surface area contributed by atoms with E-state index in [1.165, 1.54) is 0 Å². The molecule has 0 aliphatic carbocycles. The molecule has 0 aromatic heterocycles. The van der Waals surface area contributed by atoms with Crippen molar-refractivity contribution >= 4 is 10.0 Å². The summed E-state index contributed by atoms with van der Waals surface area (Å²) >= 11 is 0. The van der Waals surface area contributed by atoms with Crippen LogP contribution in [0.1, 0.15) is 49.8 Å². The quantitative estimate of drug-likeness (QED) is 0.836. The van der Waals surface area contributed by atoms with Crippen molar-refractivity contribution < 1.29 is 8.42 Å². The Morgan fingerprint density at radius 2 is 1.45 bits per heavy atom. The SMILES string of the molecule is Cc1cc(C)c(S(=O)(=O)N2[C@H](C)CCC[C@@H]2C)c(C)c1. The van der Waals surface area contributed by atoms with Crippen molar-refractivity contribution in [3.8, 4) is 0 Å². The summed E-state index contributed by atoms with van der Waals surface area (Å²) in [6.45, 7) is 9.83. The smallest absolute Gasteiger partial charge is 0.207 e. The standard InChI is InChI=1S/C16H25NO2S/c1-11-9-12(2)16(13(3)10-11)20(18,19)17-14(4)7-6-8-15(17)5/h9-10,14-15H,6-8H2,1-5H3/t14-,15+. The molecular formula is C16H25NO2S. The molecule has 20 heavy (non-hydrogen) atoms. The number of benzene rings is 1. The molecule has 0 amide bonds. The summed E-state index contributed by atoms with van der Waals surface area (Å²) in [6, 6.07) is 4.09. The van der Waals surface area contributed by atoms with Crippen LogP contribution in [0, 0.1) is 20.8 Å². The zero-order valence-corrected chi connectivity index (χ0v) is 13.9. The van der Waals surface area contributed by atoms with Crippen LogP contribution in [0.15, 0.2) is 17.0 Å². The highest BCUT2D eigenvalue weighted by molar-refractivity contribution is 7.89. The van der Waals surface area contributed by atoms with Crippen LogP contribution in [0.3, 0.4) is 0 Å². The summed E-state index contributed by atoms with van der Waals surface area (Å²) < 4.78 is 27.9. The molecule has 1 aliphatic heterocycles. The highest BCUT2D eigenvalue weighted by Crippen LogP contribution is 2.32. The van der Waals surface area contributed by atoms with E-state index in [4.69, 9.17) is 0 Å². The van der Waals surface area contributed by atoms with Gasteiger partial charge in [-0.05, 0) is 58.6 Å². The van der Waals surface area contributed by atoms with Crippen LogP contribution >= 0.6 is 0 Å². The summed E-state index contributed by atoms with van der Waals surface area (Å²) in [7, 11) is -3.41. The van der Waals surface area contributed by atoms with Gasteiger partial charge in [0.2, 0.25) is 10.0 Å². The number of sulfonamides is 1. The Kier molecular flexibility index (Phi) is 4.26. The first-order valence-corrected chi connectivity index (χ1v) is 8.80. The van der Waals surface area contributed by atoms with E-state index in [1.807, 2.05) is 46.8 Å². The molecule has 2 atom stereocenters. The number of hydrogen-bond acceptors (Lipinski definition) is 2. The zero-order chi connectivity index (χ0) is 15.1. The fourth-order valence-electron chi connectivity index (χ4n) is 3.55. The van der Waals surface area contributed by atoms with Gasteiger partial charge in [0, 0.05) is 12.1 Å². The molecule has 112 valence electrons. The molecular weight excluding hydrogens is 270 g/mol. The molecule has 1 aromatic rings. The number of aryl methyl sites for hydroxylation is 3. The summed E-state index contributed by atoms with van der Waals surface area (Å²) in [5.41, 5.74) is 2.82. The molecule has 1 heterocycles. The summed E-state index contributed by atoms with van der Waals surface area (Å²) in [4.78, 5) is 0.503. The Balaban J connectivity index is 2.55. The number of rotatable bonds is 2. The molecule has 0 spiro atoms. The monoisotopic (exact) mass is 295 g/mol. The van der Waals surface area contributed by atoms with Crippen LogP contribution in [-0.4, -0.2) is 24.8 Å². The van der Waals surface area contributed by atoms with Crippen LogP contribution in [0.2, 0.25) is 0 Å². The third-order valence-corrected chi connectivity index (χ3v) is 6.69. The lowest BCUT2D eigenvalue weighted by Gasteiger charge is -2.38. The lowest BCUT2D eigenvalue weighted by Crippen LogP contribution is -2.47. The van der Waals surface area contributed by atoms with Gasteiger partial charge in [-0.2, -0.15) is 4.31 Å². The normalized spacial score (nSPS) is 24.9. The Morgan fingerprint density at radius 1 is 1.00 bits per heavy atom. The van der Waals surface area contributed by atoms with Gasteiger partial charge in [0.25, 0.3) is 0 Å². The summed E-state index contributed by atoms with van der Waals surface area (Å²) in [5.74, 6) is 0. The van der Waals surface area contributed by atoms with E-state index in [0.717, 1.165) is 36.0 Å². The maximum atomic E-state index is 13.1. The van der Waals surface area contributed by atoms with E-state index in [9.17, 15) is 8.42 Å². The molecule has 0 unspecified atom stereocenters. The molecule has 1 aromatic carbocycles. The van der Waals surface area contributed by atoms with Gasteiger partial charge in [0.1, 0.15) is 0 Å². The van der Waals surface area contributed by atoms with Crippen LogP contribution in [0.4, 0.5) is 0 Å². The third-order valence-electron chi connectivity index (χ3n) is 4.25. The van der Waals surface area contributed by atoms with Crippen molar-refractivity contribution in [1.29, 1.82) is 0 Å². The molecule has 0 bridgehead atoms. The van der Waals surface area contributed by atoms with Crippen LogP contribution in [0.25, 0.3) is 0 Å². The largest absolute Gasteiger partial charge is 0.244 e. The van der Waals surface area contributed by atoms with Gasteiger partial charge in [0.15, 0.2) is 0 Å². The molecule has 4 heteroatoms. The van der Waals surface area contributed by atoms with Gasteiger partial charge < -0.3 is 0 Å². The predicted octanol–water partition coefficient (Wildman–Crippen LogP) is 3.56. The highest BCUT2D eigenvalue weighted by atomic mass is 32.2. The summed E-state index contributed by atoms with van der Waals surface area (Å²) in [5, 5.41) is 0. The van der Waals surface area contributed by atoms with Crippen molar-refractivity contribution in [2.45, 2.75) is 70.9 Å². The van der Waals surface area contributed by atoms with Gasteiger partial charge in [0.05, 0.1) is 4.90 Å². The number of nitrogens with zero attached hydrogens (tertiary/aromatic N) is 1. The lowest BCUT2D eigenvalue weighted by molar-refractivity contribution is 0.204. The minimum Gasteiger partial charge on any atom is -0.207 e. The molecule has 1 saturated heterocycles. The second-order valence-corrected chi connectivity index (χ2v) is 7.97. The molecule has 0 radical (unpaired) electrons. The molecule has 1 fully saturated rings. The first kappa shape index (κ1) is 15.5. The van der Waals surface area contributed by atoms with Crippen LogP contribution < -0.4 is 0 Å². The lowest BCUT2D eigenvalue weighted by atomic mass is 10.0. The van der Waals surface area contributed by atoms with E-state index >= 15 is 0 Å². The molecule has 2 rings (SSSR count). The van der Waals surface area contributed by atoms with Crippen molar-refractivity contribution in [3.05, 3.63) is 28.8 Å². The Bertz CT molecular complexity index is 574. The Hall–Kier alpha value is -0.870. The van der Waals surface area contributed by atoms with E-state index < -0.39 is 10.0 Å². The number of piperidine rings is 1. The minimum atomic E-state index is -3.41. The molecule has 0 N–H and O–H groups in total. The zero-order valence-electron chi connectivity index (χ0n) is 13.1. The van der Waals surface area contributed by atoms with E-state index in [1.54, 1.807) is 4.31 Å². The topological polar surface area (TPSA) is 37.4 Å². The van der Waals surface area contributed by atoms with Crippen LogP contribution in [0.5, 0.6) is 0 Å². The second-order valence-electron chi connectivity index (χ2n) is 6.19. The molecule has 1 aliphatic rings. The number of hydrogen-bond donors (Lipinski definition) is 0. The van der Waals surface area contributed by atoms with E-state index in [2.05, 4.69) is 0 Å². The van der Waals surface area contributed by atoms with Gasteiger partial charge in [-0.25, -0.2) is 8.42 Å². The van der Waals surface area contributed by atoms with Crippen molar-refractivity contribution in [2.75, 3.05) is 0 Å². The van der Waals surface area contributed by atoms with Gasteiger partial charge in [-0.15, -0.1) is 0 Å². The van der Waals surface area contributed by atoms with Gasteiger partial charge in [-0.3, -0.25) is 0 Å². The first-order chi connectivity index (χ1) is 9.25. The van der Waals surface area contributed by atoms with Gasteiger partial charge in [-0.1, -0.05) is 24.1 Å². The third kappa shape index (κ3) is 2.63. The fraction of sp³-hybridized carbons (Fsp3) is 0.625.